The predicted molar refractivity (Wildman–Crippen MR) is 154 cm³/mol. The van der Waals surface area contributed by atoms with Crippen molar-refractivity contribution >= 4 is 38.5 Å². The second kappa shape index (κ2) is 10.5. The van der Waals surface area contributed by atoms with Crippen molar-refractivity contribution in [2.75, 3.05) is 18.5 Å². The highest BCUT2D eigenvalue weighted by atomic mass is 32.2. The van der Waals surface area contributed by atoms with E-state index in [9.17, 15) is 18.3 Å². The molecule has 0 bridgehead atoms. The van der Waals surface area contributed by atoms with Crippen LogP contribution in [0.4, 0.5) is 5.82 Å². The number of hydrogen-bond donors (Lipinski definition) is 2. The lowest BCUT2D eigenvalue weighted by Gasteiger charge is -2.32. The van der Waals surface area contributed by atoms with Gasteiger partial charge in [-0.3, -0.25) is 9.78 Å². The molecule has 0 saturated heterocycles. The summed E-state index contributed by atoms with van der Waals surface area (Å²) in [6.45, 7) is 6.29. The zero-order chi connectivity index (χ0) is 28.8. The van der Waals surface area contributed by atoms with Gasteiger partial charge in [0.15, 0.2) is 15.5 Å². The zero-order valence-corrected chi connectivity index (χ0v) is 24.6. The first-order chi connectivity index (χ1) is 19.0. The van der Waals surface area contributed by atoms with Gasteiger partial charge in [-0.15, -0.1) is 11.3 Å². The highest BCUT2D eigenvalue weighted by Crippen LogP contribution is 2.38. The Bertz CT molecular complexity index is 1670. The molecule has 1 saturated carbocycles. The van der Waals surface area contributed by atoms with Crippen molar-refractivity contribution in [1.29, 1.82) is 0 Å². The van der Waals surface area contributed by atoms with Crippen molar-refractivity contribution in [3.63, 3.8) is 0 Å². The quantitative estimate of drug-likeness (QED) is 0.286. The number of sulfone groups is 1. The fraction of sp³-hybridized carbons (Fsp3) is 0.444. The van der Waals surface area contributed by atoms with Gasteiger partial charge in [0.1, 0.15) is 21.3 Å². The summed E-state index contributed by atoms with van der Waals surface area (Å²) in [5.41, 5.74) is 8.04. The van der Waals surface area contributed by atoms with Gasteiger partial charge in [0.25, 0.3) is 5.91 Å². The Morgan fingerprint density at radius 3 is 2.52 bits per heavy atom. The lowest BCUT2D eigenvalue weighted by molar-refractivity contribution is -0.145. The highest BCUT2D eigenvalue weighted by molar-refractivity contribution is 7.91. The molecule has 0 spiro atoms. The molecule has 40 heavy (non-hydrogen) atoms. The van der Waals surface area contributed by atoms with Crippen LogP contribution in [0.5, 0.6) is 0 Å². The van der Waals surface area contributed by atoms with Crippen LogP contribution >= 0.6 is 11.3 Å². The Balaban J connectivity index is 1.51. The lowest BCUT2D eigenvalue weighted by Crippen LogP contribution is -2.46. The van der Waals surface area contributed by atoms with Crippen molar-refractivity contribution in [3.8, 4) is 21.8 Å². The number of rotatable bonds is 10. The maximum atomic E-state index is 12.9. The van der Waals surface area contributed by atoms with Gasteiger partial charge in [-0.1, -0.05) is 13.0 Å². The normalized spacial score (nSPS) is 15.3. The van der Waals surface area contributed by atoms with Crippen molar-refractivity contribution < 1.29 is 18.3 Å². The van der Waals surface area contributed by atoms with Gasteiger partial charge in [-0.2, -0.15) is 9.61 Å². The van der Waals surface area contributed by atoms with Crippen LogP contribution in [0.2, 0.25) is 0 Å². The number of anilines is 1. The van der Waals surface area contributed by atoms with Crippen LogP contribution in [0.15, 0.2) is 35.6 Å². The van der Waals surface area contributed by atoms with Crippen LogP contribution < -0.4 is 5.73 Å². The molecule has 0 radical (unpaired) electrons. The van der Waals surface area contributed by atoms with Crippen LogP contribution in [0.1, 0.15) is 50.1 Å². The number of nitrogens with zero attached hydrogens (tertiary/aromatic N) is 6. The summed E-state index contributed by atoms with van der Waals surface area (Å²) in [6, 6.07) is 3.59. The summed E-state index contributed by atoms with van der Waals surface area (Å²) in [7, 11) is -3.74. The monoisotopic (exact) mass is 583 g/mol. The second-order valence-electron chi connectivity index (χ2n) is 10.3. The van der Waals surface area contributed by atoms with Gasteiger partial charge in [0, 0.05) is 47.2 Å². The Hall–Kier alpha value is -3.42. The smallest absolute Gasteiger partial charge is 0.254 e. The SMILES string of the molecule is CCC(CCc1nc2c(-c3ccc(-c4ncc(C)s4)nc3)cnn2c(N)c1S(C)(=O)=O)N(CC)C(=O)C1(O)CC1. The van der Waals surface area contributed by atoms with Gasteiger partial charge in [0.2, 0.25) is 0 Å². The number of aromatic nitrogens is 5. The maximum Gasteiger partial charge on any atom is 0.254 e. The molecule has 4 aromatic heterocycles. The van der Waals surface area contributed by atoms with Crippen molar-refractivity contribution in [3.05, 3.63) is 41.3 Å². The standard InChI is InChI=1S/C27H33N7O4S2/c1-5-18(33(6-2)26(35)27(36)11-12-27)8-10-20-22(40(4,37)38)23(28)34-24(32-20)19(15-31-34)17-7-9-21(29-14-17)25-30-13-16(3)39-25/h7,9,13-15,18,36H,5-6,8,10-12,28H2,1-4H3. The average molecular weight is 584 g/mol. The molecule has 0 aromatic carbocycles. The summed E-state index contributed by atoms with van der Waals surface area (Å²) < 4.78 is 27.0. The largest absolute Gasteiger partial charge is 0.382 e. The van der Waals surface area contributed by atoms with Gasteiger partial charge < -0.3 is 15.7 Å². The minimum atomic E-state index is -3.74. The number of likely N-dealkylation sites (N-methyl/N-ethyl adjacent to an activating group) is 1. The number of carbonyl (C=O) groups is 1. The van der Waals surface area contributed by atoms with E-state index < -0.39 is 15.4 Å². The number of aliphatic hydroxyl groups is 1. The Morgan fingerprint density at radius 2 is 1.98 bits per heavy atom. The first-order valence-electron chi connectivity index (χ1n) is 13.3. The molecule has 0 aliphatic heterocycles. The third-order valence-corrected chi connectivity index (χ3v) is 9.46. The van der Waals surface area contributed by atoms with Crippen molar-refractivity contribution in [2.24, 2.45) is 0 Å². The van der Waals surface area contributed by atoms with Gasteiger partial charge in [-0.25, -0.2) is 18.4 Å². The summed E-state index contributed by atoms with van der Waals surface area (Å²) in [5, 5.41) is 15.6. The molecular formula is C27H33N7O4S2. The first kappa shape index (κ1) is 28.1. The third-order valence-electron chi connectivity index (χ3n) is 7.34. The van der Waals surface area contributed by atoms with E-state index in [-0.39, 0.29) is 29.1 Å². The molecule has 1 aliphatic rings. The Labute approximate surface area is 237 Å². The van der Waals surface area contributed by atoms with E-state index in [4.69, 9.17) is 10.7 Å². The number of fused-ring (bicyclic) bond motifs is 1. The van der Waals surface area contributed by atoms with Gasteiger partial charge >= 0.3 is 0 Å². The fourth-order valence-corrected chi connectivity index (χ4v) is 6.81. The average Bonchev–Trinajstić information content (AvgIpc) is 3.30. The van der Waals surface area contributed by atoms with Crippen LogP contribution in [0, 0.1) is 6.92 Å². The topological polar surface area (TPSA) is 157 Å². The zero-order valence-electron chi connectivity index (χ0n) is 23.0. The van der Waals surface area contributed by atoms with Crippen LogP contribution in [-0.4, -0.2) is 73.3 Å². The molecule has 1 aliphatic carbocycles. The Kier molecular flexibility index (Phi) is 7.40. The first-order valence-corrected chi connectivity index (χ1v) is 16.0. The van der Waals surface area contributed by atoms with E-state index in [0.29, 0.717) is 49.1 Å². The van der Waals surface area contributed by atoms with E-state index in [0.717, 1.165) is 27.4 Å². The van der Waals surface area contributed by atoms with Gasteiger partial charge in [0.05, 0.1) is 17.6 Å². The summed E-state index contributed by atoms with van der Waals surface area (Å²) in [4.78, 5) is 29.4. The van der Waals surface area contributed by atoms with Gasteiger partial charge in [-0.05, 0) is 52.0 Å². The molecule has 3 N–H and O–H groups in total. The number of thiazole rings is 1. The molecule has 11 nitrogen and oxygen atoms in total. The van der Waals surface area contributed by atoms with E-state index >= 15 is 0 Å². The molecule has 13 heteroatoms. The van der Waals surface area contributed by atoms with Crippen molar-refractivity contribution in [2.45, 2.75) is 69.4 Å². The van der Waals surface area contributed by atoms with E-state index in [2.05, 4.69) is 15.1 Å². The molecule has 4 aromatic rings. The van der Waals surface area contributed by atoms with Crippen molar-refractivity contribution in [1.82, 2.24) is 29.5 Å². The predicted octanol–water partition coefficient (Wildman–Crippen LogP) is 3.29. The molecule has 1 atom stereocenters. The number of amides is 1. The molecule has 1 amide bonds. The molecule has 1 fully saturated rings. The minimum absolute atomic E-state index is 0.0136. The lowest BCUT2D eigenvalue weighted by atomic mass is 10.0. The number of pyridine rings is 1. The van der Waals surface area contributed by atoms with E-state index in [1.54, 1.807) is 34.8 Å². The van der Waals surface area contributed by atoms with Crippen LogP contribution in [0.25, 0.3) is 27.5 Å². The molecule has 1 unspecified atom stereocenters. The summed E-state index contributed by atoms with van der Waals surface area (Å²) in [5.74, 6) is -0.282. The molecule has 5 rings (SSSR count). The van der Waals surface area contributed by atoms with E-state index in [1.165, 1.54) is 4.52 Å². The molecule has 4 heterocycles. The second-order valence-corrected chi connectivity index (χ2v) is 13.5. The minimum Gasteiger partial charge on any atom is -0.382 e. The number of hydrogen-bond acceptors (Lipinski definition) is 10. The number of aryl methyl sites for hydroxylation is 2. The van der Waals surface area contributed by atoms with E-state index in [1.807, 2.05) is 32.9 Å². The van der Waals surface area contributed by atoms with Crippen LogP contribution in [-0.2, 0) is 21.1 Å². The molecule has 212 valence electrons. The summed E-state index contributed by atoms with van der Waals surface area (Å²) >= 11 is 1.56. The fourth-order valence-electron chi connectivity index (χ4n) is 5.03. The number of carbonyl (C=O) groups excluding carboxylic acids is 1. The molecular weight excluding hydrogens is 550 g/mol. The summed E-state index contributed by atoms with van der Waals surface area (Å²) in [6.07, 6.45) is 8.54. The highest BCUT2D eigenvalue weighted by Gasteiger charge is 2.50. The third kappa shape index (κ3) is 5.20. The number of nitrogens with two attached hydrogens (primary N) is 1. The van der Waals surface area contributed by atoms with Crippen LogP contribution in [0.3, 0.4) is 0 Å². The number of nitrogen functional groups attached to an aromatic ring is 1. The Morgan fingerprint density at radius 1 is 1.23 bits per heavy atom. The maximum absolute atomic E-state index is 12.9.